The molecule has 0 radical (unpaired) electrons. The zero-order chi connectivity index (χ0) is 11.3. The molecule has 1 aliphatic heterocycles. The molecule has 0 aliphatic carbocycles. The Kier molecular flexibility index (Phi) is 5.05. The van der Waals surface area contributed by atoms with E-state index >= 15 is 0 Å². The van der Waals surface area contributed by atoms with Gasteiger partial charge in [-0.15, -0.1) is 0 Å². The minimum Gasteiger partial charge on any atom is -0.396 e. The summed E-state index contributed by atoms with van der Waals surface area (Å²) in [6, 6.07) is 0.258. The van der Waals surface area contributed by atoms with Crippen LogP contribution in [0.5, 0.6) is 0 Å². The molecule has 4 nitrogen and oxygen atoms in total. The van der Waals surface area contributed by atoms with E-state index in [1.165, 1.54) is 0 Å². The van der Waals surface area contributed by atoms with Gasteiger partial charge in [-0.3, -0.25) is 9.69 Å². The minimum absolute atomic E-state index is 0.0999. The first-order valence-electron chi connectivity index (χ1n) is 5.78. The number of aliphatic hydroxyl groups excluding tert-OH is 1. The Bertz CT molecular complexity index is 209. The van der Waals surface area contributed by atoms with Gasteiger partial charge in [0.2, 0.25) is 5.91 Å². The number of nitrogens with zero attached hydrogens (tertiary/aromatic N) is 1. The highest BCUT2D eigenvalue weighted by atomic mass is 16.3. The summed E-state index contributed by atoms with van der Waals surface area (Å²) in [7, 11) is 0. The van der Waals surface area contributed by atoms with Crippen LogP contribution in [0.1, 0.15) is 26.7 Å². The van der Waals surface area contributed by atoms with Crippen LogP contribution in [-0.2, 0) is 4.79 Å². The van der Waals surface area contributed by atoms with E-state index in [-0.39, 0.29) is 18.6 Å². The highest BCUT2D eigenvalue weighted by Gasteiger charge is 2.23. The van der Waals surface area contributed by atoms with Crippen molar-refractivity contribution in [3.63, 3.8) is 0 Å². The van der Waals surface area contributed by atoms with E-state index in [0.717, 1.165) is 25.9 Å². The van der Waals surface area contributed by atoms with Crippen molar-refractivity contribution in [3.8, 4) is 0 Å². The van der Waals surface area contributed by atoms with Gasteiger partial charge in [0.15, 0.2) is 0 Å². The third-order valence-electron chi connectivity index (χ3n) is 3.02. The van der Waals surface area contributed by atoms with Gasteiger partial charge in [0.05, 0.1) is 6.54 Å². The van der Waals surface area contributed by atoms with Crippen LogP contribution in [0.25, 0.3) is 0 Å². The third-order valence-corrected chi connectivity index (χ3v) is 3.02. The van der Waals surface area contributed by atoms with E-state index in [1.54, 1.807) is 0 Å². The van der Waals surface area contributed by atoms with E-state index in [0.29, 0.717) is 12.5 Å². The van der Waals surface area contributed by atoms with Crippen molar-refractivity contribution < 1.29 is 9.90 Å². The number of amides is 1. The molecule has 0 saturated carbocycles. The monoisotopic (exact) mass is 214 g/mol. The van der Waals surface area contributed by atoms with Crippen molar-refractivity contribution in [1.29, 1.82) is 0 Å². The van der Waals surface area contributed by atoms with E-state index < -0.39 is 0 Å². The predicted octanol–water partition coefficient (Wildman–Crippen LogP) is 0.215. The van der Waals surface area contributed by atoms with Crippen molar-refractivity contribution in [2.24, 2.45) is 5.92 Å². The van der Waals surface area contributed by atoms with Crippen molar-refractivity contribution in [2.75, 3.05) is 26.2 Å². The molecule has 2 atom stereocenters. The Hall–Kier alpha value is -0.610. The average Bonchev–Trinajstić information content (AvgIpc) is 2.65. The summed E-state index contributed by atoms with van der Waals surface area (Å²) < 4.78 is 0. The number of rotatable bonds is 5. The zero-order valence-electron chi connectivity index (χ0n) is 9.70. The van der Waals surface area contributed by atoms with Crippen LogP contribution in [0, 0.1) is 5.92 Å². The van der Waals surface area contributed by atoms with Gasteiger partial charge in [0.25, 0.3) is 0 Å². The summed E-state index contributed by atoms with van der Waals surface area (Å²) in [4.78, 5) is 13.7. The second kappa shape index (κ2) is 6.08. The number of aliphatic hydroxyl groups is 1. The van der Waals surface area contributed by atoms with E-state index in [9.17, 15) is 4.79 Å². The molecule has 0 aromatic carbocycles. The molecule has 88 valence electrons. The number of hydrogen-bond donors (Lipinski definition) is 2. The lowest BCUT2D eigenvalue weighted by Gasteiger charge is -2.17. The number of hydrogen-bond acceptors (Lipinski definition) is 3. The topological polar surface area (TPSA) is 52.6 Å². The molecule has 0 aromatic heterocycles. The van der Waals surface area contributed by atoms with Crippen LogP contribution >= 0.6 is 0 Å². The highest BCUT2D eigenvalue weighted by molar-refractivity contribution is 5.78. The number of carbonyl (C=O) groups excluding carboxylic acids is 1. The molecule has 0 aromatic rings. The number of likely N-dealkylation sites (tertiary alicyclic amines) is 1. The van der Waals surface area contributed by atoms with Crippen molar-refractivity contribution in [1.82, 2.24) is 10.2 Å². The molecule has 0 bridgehead atoms. The van der Waals surface area contributed by atoms with Crippen molar-refractivity contribution in [2.45, 2.75) is 32.7 Å². The first-order chi connectivity index (χ1) is 7.15. The zero-order valence-corrected chi connectivity index (χ0v) is 9.70. The summed E-state index contributed by atoms with van der Waals surface area (Å²) in [5, 5.41) is 11.9. The smallest absolute Gasteiger partial charge is 0.234 e. The van der Waals surface area contributed by atoms with Crippen molar-refractivity contribution in [3.05, 3.63) is 0 Å². The lowest BCUT2D eigenvalue weighted by molar-refractivity contribution is -0.122. The van der Waals surface area contributed by atoms with Crippen LogP contribution in [0.2, 0.25) is 0 Å². The van der Waals surface area contributed by atoms with Crippen LogP contribution in [0.4, 0.5) is 0 Å². The van der Waals surface area contributed by atoms with Gasteiger partial charge in [-0.25, -0.2) is 0 Å². The second-order valence-electron chi connectivity index (χ2n) is 4.45. The molecule has 1 aliphatic rings. The van der Waals surface area contributed by atoms with Gasteiger partial charge in [-0.05, 0) is 32.2 Å². The maximum absolute atomic E-state index is 11.5. The Morgan fingerprint density at radius 2 is 2.40 bits per heavy atom. The van der Waals surface area contributed by atoms with Gasteiger partial charge >= 0.3 is 0 Å². The standard InChI is InChI=1S/C11H22N2O2/c1-3-9(2)12-11(15)7-13-5-4-10(6-13)8-14/h9-10,14H,3-8H2,1-2H3,(H,12,15)/t9-,10+/m1/s1. The SMILES string of the molecule is CC[C@@H](C)NC(=O)CN1CC[C@H](CO)C1. The predicted molar refractivity (Wildman–Crippen MR) is 59.5 cm³/mol. The first kappa shape index (κ1) is 12.5. The maximum atomic E-state index is 11.5. The Morgan fingerprint density at radius 3 is 2.93 bits per heavy atom. The Balaban J connectivity index is 2.21. The molecular weight excluding hydrogens is 192 g/mol. The Labute approximate surface area is 91.6 Å². The molecule has 1 heterocycles. The minimum atomic E-state index is 0.0999. The fraction of sp³-hybridized carbons (Fsp3) is 0.909. The van der Waals surface area contributed by atoms with Gasteiger partial charge in [-0.1, -0.05) is 6.92 Å². The summed E-state index contributed by atoms with van der Waals surface area (Å²) in [5.41, 5.74) is 0. The van der Waals surface area contributed by atoms with Gasteiger partial charge in [0, 0.05) is 19.2 Å². The summed E-state index contributed by atoms with van der Waals surface area (Å²) in [6.07, 6.45) is 1.97. The van der Waals surface area contributed by atoms with E-state index in [2.05, 4.69) is 17.1 Å². The van der Waals surface area contributed by atoms with Crippen LogP contribution < -0.4 is 5.32 Å². The molecule has 0 unspecified atom stereocenters. The van der Waals surface area contributed by atoms with Crippen LogP contribution in [-0.4, -0.2) is 48.2 Å². The number of carbonyl (C=O) groups is 1. The molecule has 1 saturated heterocycles. The van der Waals surface area contributed by atoms with E-state index in [4.69, 9.17) is 5.11 Å². The molecule has 4 heteroatoms. The molecule has 0 spiro atoms. The van der Waals surface area contributed by atoms with Crippen LogP contribution in [0.3, 0.4) is 0 Å². The lowest BCUT2D eigenvalue weighted by atomic mass is 10.1. The third kappa shape index (κ3) is 4.18. The van der Waals surface area contributed by atoms with Crippen LogP contribution in [0.15, 0.2) is 0 Å². The first-order valence-corrected chi connectivity index (χ1v) is 5.78. The summed E-state index contributed by atoms with van der Waals surface area (Å²) in [6.45, 7) is 6.56. The van der Waals surface area contributed by atoms with Gasteiger partial charge in [0.1, 0.15) is 0 Å². The molecule has 1 rings (SSSR count). The molecule has 2 N–H and O–H groups in total. The van der Waals surface area contributed by atoms with Crippen molar-refractivity contribution >= 4 is 5.91 Å². The summed E-state index contributed by atoms with van der Waals surface area (Å²) in [5.74, 6) is 0.462. The lowest BCUT2D eigenvalue weighted by Crippen LogP contribution is -2.40. The molecular formula is C11H22N2O2. The van der Waals surface area contributed by atoms with Gasteiger partial charge < -0.3 is 10.4 Å². The average molecular weight is 214 g/mol. The highest BCUT2D eigenvalue weighted by Crippen LogP contribution is 2.14. The quantitative estimate of drug-likeness (QED) is 0.688. The molecule has 15 heavy (non-hydrogen) atoms. The number of nitrogens with one attached hydrogen (secondary N) is 1. The van der Waals surface area contributed by atoms with E-state index in [1.807, 2.05) is 6.92 Å². The fourth-order valence-corrected chi connectivity index (χ4v) is 1.83. The normalized spacial score (nSPS) is 24.1. The largest absolute Gasteiger partial charge is 0.396 e. The molecule has 1 fully saturated rings. The second-order valence-corrected chi connectivity index (χ2v) is 4.45. The fourth-order valence-electron chi connectivity index (χ4n) is 1.83. The Morgan fingerprint density at radius 1 is 1.67 bits per heavy atom. The maximum Gasteiger partial charge on any atom is 0.234 e. The van der Waals surface area contributed by atoms with Gasteiger partial charge in [-0.2, -0.15) is 0 Å². The summed E-state index contributed by atoms with van der Waals surface area (Å²) >= 11 is 0. The molecule has 1 amide bonds.